The van der Waals surface area contributed by atoms with Crippen LogP contribution in [0.1, 0.15) is 0 Å². The highest BCUT2D eigenvalue weighted by molar-refractivity contribution is 9.09. The van der Waals surface area contributed by atoms with Crippen LogP contribution in [0.4, 0.5) is 0 Å². The predicted molar refractivity (Wildman–Crippen MR) is 57.1 cm³/mol. The number of halogens is 2. The summed E-state index contributed by atoms with van der Waals surface area (Å²) in [5.41, 5.74) is 1.54. The second-order valence-corrected chi connectivity index (χ2v) is 4.18. The van der Waals surface area contributed by atoms with E-state index in [1.807, 2.05) is 13.1 Å². The normalized spacial score (nSPS) is 14.4. The number of rotatable bonds is 6. The van der Waals surface area contributed by atoms with Crippen molar-refractivity contribution in [1.29, 1.82) is 0 Å². The summed E-state index contributed by atoms with van der Waals surface area (Å²) in [4.78, 5) is 2.55. The maximum atomic E-state index is 5.40. The van der Waals surface area contributed by atoms with Crippen molar-refractivity contribution in [2.24, 2.45) is 0 Å². The highest BCUT2D eigenvalue weighted by Crippen LogP contribution is 2.01. The van der Waals surface area contributed by atoms with E-state index in [-0.39, 0.29) is 0 Å². The minimum atomic E-state index is 0.385. The zero-order valence-electron chi connectivity index (χ0n) is 7.46. The molecule has 0 aromatic heterocycles. The first kappa shape index (κ1) is 12.4. The zero-order valence-corrected chi connectivity index (χ0v) is 9.81. The van der Waals surface area contributed by atoms with Crippen LogP contribution in [0.2, 0.25) is 0 Å². The SMILES string of the molecule is COCC(Br)CN(C)C/C=C/Cl. The van der Waals surface area contributed by atoms with Gasteiger partial charge in [-0.1, -0.05) is 33.6 Å². The van der Waals surface area contributed by atoms with Crippen molar-refractivity contribution in [3.05, 3.63) is 11.6 Å². The highest BCUT2D eigenvalue weighted by Gasteiger charge is 2.05. The van der Waals surface area contributed by atoms with Gasteiger partial charge in [-0.3, -0.25) is 0 Å². The summed E-state index contributed by atoms with van der Waals surface area (Å²) in [5, 5.41) is 0. The van der Waals surface area contributed by atoms with Crippen molar-refractivity contribution in [2.75, 3.05) is 33.9 Å². The van der Waals surface area contributed by atoms with E-state index in [2.05, 4.69) is 20.8 Å². The van der Waals surface area contributed by atoms with Crippen molar-refractivity contribution in [3.63, 3.8) is 0 Å². The van der Waals surface area contributed by atoms with Crippen LogP contribution in [0.3, 0.4) is 0 Å². The van der Waals surface area contributed by atoms with Gasteiger partial charge in [0.25, 0.3) is 0 Å². The van der Waals surface area contributed by atoms with Crippen LogP contribution in [-0.4, -0.2) is 43.6 Å². The molecule has 0 rings (SSSR count). The van der Waals surface area contributed by atoms with Gasteiger partial charge in [-0.15, -0.1) is 0 Å². The standard InChI is InChI=1S/C8H15BrClNO/c1-11(5-3-4-10)6-8(9)7-12-2/h3-4,8H,5-7H2,1-2H3/b4-3+. The number of methoxy groups -OCH3 is 1. The fraction of sp³-hybridized carbons (Fsp3) is 0.750. The molecule has 0 aliphatic rings. The molecule has 4 heteroatoms. The maximum Gasteiger partial charge on any atom is 0.0600 e. The molecule has 0 radical (unpaired) electrons. The number of alkyl halides is 1. The topological polar surface area (TPSA) is 12.5 Å². The van der Waals surface area contributed by atoms with E-state index in [1.165, 1.54) is 5.54 Å². The molecule has 0 aromatic carbocycles. The summed E-state index contributed by atoms with van der Waals surface area (Å²) in [6.07, 6.45) is 1.91. The van der Waals surface area contributed by atoms with Crippen molar-refractivity contribution in [3.8, 4) is 0 Å². The Hall–Kier alpha value is 0.430. The average Bonchev–Trinajstić information content (AvgIpc) is 2.01. The first-order valence-electron chi connectivity index (χ1n) is 3.77. The van der Waals surface area contributed by atoms with Crippen LogP contribution in [0, 0.1) is 0 Å². The fourth-order valence-corrected chi connectivity index (χ4v) is 1.70. The van der Waals surface area contributed by atoms with Crippen LogP contribution in [-0.2, 0) is 4.74 Å². The molecule has 0 fully saturated rings. The Kier molecular flexibility index (Phi) is 8.34. The third-order valence-electron chi connectivity index (χ3n) is 1.36. The van der Waals surface area contributed by atoms with E-state index in [0.717, 1.165) is 19.7 Å². The summed E-state index contributed by atoms with van der Waals surface area (Å²) >= 11 is 8.91. The smallest absolute Gasteiger partial charge is 0.0600 e. The largest absolute Gasteiger partial charge is 0.383 e. The number of likely N-dealkylation sites (N-methyl/N-ethyl adjacent to an activating group) is 1. The third-order valence-corrected chi connectivity index (χ3v) is 2.10. The Morgan fingerprint density at radius 2 is 2.33 bits per heavy atom. The Labute approximate surface area is 87.6 Å². The van der Waals surface area contributed by atoms with Crippen LogP contribution in [0.25, 0.3) is 0 Å². The van der Waals surface area contributed by atoms with Gasteiger partial charge in [-0.05, 0) is 7.05 Å². The molecular weight excluding hydrogens is 241 g/mol. The van der Waals surface area contributed by atoms with Crippen LogP contribution < -0.4 is 0 Å². The molecule has 2 nitrogen and oxygen atoms in total. The van der Waals surface area contributed by atoms with Gasteiger partial charge in [-0.2, -0.15) is 0 Å². The average molecular weight is 257 g/mol. The fourth-order valence-electron chi connectivity index (χ4n) is 0.866. The molecule has 0 bridgehead atoms. The molecule has 72 valence electrons. The number of hydrogen-bond donors (Lipinski definition) is 0. The monoisotopic (exact) mass is 255 g/mol. The Balaban J connectivity index is 3.46. The second-order valence-electron chi connectivity index (χ2n) is 2.64. The van der Waals surface area contributed by atoms with Gasteiger partial charge in [0.05, 0.1) is 11.4 Å². The summed E-state index contributed by atoms with van der Waals surface area (Å²) in [6.45, 7) is 2.55. The van der Waals surface area contributed by atoms with Gasteiger partial charge < -0.3 is 9.64 Å². The van der Waals surface area contributed by atoms with E-state index >= 15 is 0 Å². The molecule has 1 atom stereocenters. The van der Waals surface area contributed by atoms with Crippen molar-refractivity contribution in [2.45, 2.75) is 4.83 Å². The van der Waals surface area contributed by atoms with Gasteiger partial charge in [0, 0.05) is 25.7 Å². The van der Waals surface area contributed by atoms with Crippen molar-refractivity contribution >= 4 is 27.5 Å². The zero-order chi connectivity index (χ0) is 9.40. The third kappa shape index (κ3) is 7.10. The molecule has 0 aromatic rings. The minimum absolute atomic E-state index is 0.385. The van der Waals surface area contributed by atoms with Crippen molar-refractivity contribution in [1.82, 2.24) is 4.90 Å². The van der Waals surface area contributed by atoms with Gasteiger partial charge in [0.15, 0.2) is 0 Å². The molecule has 0 saturated heterocycles. The number of nitrogens with zero attached hydrogens (tertiary/aromatic N) is 1. The summed E-state index contributed by atoms with van der Waals surface area (Å²) in [5.74, 6) is 0. The summed E-state index contributed by atoms with van der Waals surface area (Å²) in [6, 6.07) is 0. The molecule has 0 heterocycles. The van der Waals surface area contributed by atoms with Gasteiger partial charge >= 0.3 is 0 Å². The van der Waals surface area contributed by atoms with E-state index in [9.17, 15) is 0 Å². The molecule has 12 heavy (non-hydrogen) atoms. The van der Waals surface area contributed by atoms with Gasteiger partial charge in [0.2, 0.25) is 0 Å². The Morgan fingerprint density at radius 3 is 2.83 bits per heavy atom. The maximum absolute atomic E-state index is 5.40. The molecule has 0 saturated carbocycles. The van der Waals surface area contributed by atoms with Gasteiger partial charge in [0.1, 0.15) is 0 Å². The van der Waals surface area contributed by atoms with Gasteiger partial charge in [-0.25, -0.2) is 0 Å². The highest BCUT2D eigenvalue weighted by atomic mass is 79.9. The quantitative estimate of drug-likeness (QED) is 0.675. The first-order chi connectivity index (χ1) is 5.70. The lowest BCUT2D eigenvalue weighted by Crippen LogP contribution is -2.28. The molecular formula is C8H15BrClNO. The Morgan fingerprint density at radius 1 is 1.67 bits per heavy atom. The molecule has 0 spiro atoms. The molecule has 0 aliphatic heterocycles. The lowest BCUT2D eigenvalue weighted by Gasteiger charge is -2.17. The van der Waals surface area contributed by atoms with E-state index in [1.54, 1.807) is 7.11 Å². The number of hydrogen-bond acceptors (Lipinski definition) is 2. The number of ether oxygens (including phenoxy) is 1. The molecule has 0 amide bonds. The predicted octanol–water partition coefficient (Wildman–Crippen LogP) is 2.08. The van der Waals surface area contributed by atoms with E-state index in [4.69, 9.17) is 16.3 Å². The van der Waals surface area contributed by atoms with Crippen LogP contribution in [0.15, 0.2) is 11.6 Å². The van der Waals surface area contributed by atoms with E-state index < -0.39 is 0 Å². The lowest BCUT2D eigenvalue weighted by atomic mass is 10.4. The molecule has 1 unspecified atom stereocenters. The van der Waals surface area contributed by atoms with Crippen molar-refractivity contribution < 1.29 is 4.74 Å². The second kappa shape index (κ2) is 8.05. The first-order valence-corrected chi connectivity index (χ1v) is 5.12. The van der Waals surface area contributed by atoms with Crippen LogP contribution in [0.5, 0.6) is 0 Å². The minimum Gasteiger partial charge on any atom is -0.383 e. The van der Waals surface area contributed by atoms with Crippen LogP contribution >= 0.6 is 27.5 Å². The summed E-state index contributed by atoms with van der Waals surface area (Å²) in [7, 11) is 3.74. The molecule has 0 aliphatic carbocycles. The van der Waals surface area contributed by atoms with E-state index in [0.29, 0.717) is 4.83 Å². The molecule has 0 N–H and O–H groups in total. The Bertz CT molecular complexity index is 132. The summed E-state index contributed by atoms with van der Waals surface area (Å²) < 4.78 is 4.99. The lowest BCUT2D eigenvalue weighted by molar-refractivity contribution is 0.188.